The Morgan fingerprint density at radius 3 is 2.35 bits per heavy atom. The van der Waals surface area contributed by atoms with Crippen molar-refractivity contribution in [2.45, 2.75) is 24.3 Å². The number of hydrogen-bond acceptors (Lipinski definition) is 5. The van der Waals surface area contributed by atoms with Gasteiger partial charge in [-0.05, 0) is 49.2 Å². The number of nitrogens with zero attached hydrogens (tertiary/aromatic N) is 2. The third-order valence-corrected chi connectivity index (χ3v) is 7.94. The maximum Gasteiger partial charge on any atom is 0.241 e. The van der Waals surface area contributed by atoms with Crippen LogP contribution in [0.4, 0.5) is 10.1 Å². The summed E-state index contributed by atoms with van der Waals surface area (Å²) in [6, 6.07) is 18.9. The number of halogens is 2. The number of hydrogen-bond donors (Lipinski definition) is 1. The number of anilines is 1. The zero-order valence-electron chi connectivity index (χ0n) is 20.4. The number of nitrogens with one attached hydrogen (secondary N) is 1. The van der Waals surface area contributed by atoms with Crippen LogP contribution in [0.15, 0.2) is 77.7 Å². The van der Waals surface area contributed by atoms with E-state index in [1.165, 1.54) is 24.3 Å². The molecule has 0 bridgehead atoms. The van der Waals surface area contributed by atoms with Crippen molar-refractivity contribution in [3.05, 3.63) is 89.2 Å². The Bertz CT molecular complexity index is 1330. The SMILES string of the molecule is CCOc1ccc(S(=O)(=O)N[C@H](Cc2ccccc2)C(=O)N2CCN(c3ccccc3F)CC2)cc1Cl. The first-order chi connectivity index (χ1) is 17.8. The molecular weight excluding hydrogens is 517 g/mol. The molecular formula is C27H29ClFN3O4S. The van der Waals surface area contributed by atoms with Gasteiger partial charge < -0.3 is 14.5 Å². The molecule has 196 valence electrons. The molecule has 1 N–H and O–H groups in total. The van der Waals surface area contributed by atoms with Crippen LogP contribution in [0.3, 0.4) is 0 Å². The molecule has 0 spiro atoms. The van der Waals surface area contributed by atoms with E-state index in [0.717, 1.165) is 5.56 Å². The lowest BCUT2D eigenvalue weighted by Gasteiger charge is -2.37. The zero-order chi connectivity index (χ0) is 26.4. The number of carbonyl (C=O) groups excluding carboxylic acids is 1. The molecule has 10 heteroatoms. The molecule has 1 atom stereocenters. The van der Waals surface area contributed by atoms with Crippen molar-refractivity contribution < 1.29 is 22.3 Å². The number of rotatable bonds is 9. The van der Waals surface area contributed by atoms with Crippen molar-refractivity contribution in [2.24, 2.45) is 0 Å². The second-order valence-corrected chi connectivity index (χ2v) is 10.8. The lowest BCUT2D eigenvalue weighted by Crippen LogP contribution is -2.55. The van der Waals surface area contributed by atoms with Crippen LogP contribution in [0.2, 0.25) is 5.02 Å². The second-order valence-electron chi connectivity index (χ2n) is 8.65. The molecule has 4 rings (SSSR count). The average Bonchev–Trinajstić information content (AvgIpc) is 2.90. The van der Waals surface area contributed by atoms with Gasteiger partial charge in [0.15, 0.2) is 0 Å². The Kier molecular flexibility index (Phi) is 8.68. The minimum absolute atomic E-state index is 0.0591. The van der Waals surface area contributed by atoms with Gasteiger partial charge in [0, 0.05) is 26.2 Å². The number of benzene rings is 3. The first-order valence-corrected chi connectivity index (χ1v) is 13.9. The maximum atomic E-state index is 14.2. The van der Waals surface area contributed by atoms with Gasteiger partial charge in [0.05, 0.1) is 22.2 Å². The van der Waals surface area contributed by atoms with Crippen molar-refractivity contribution in [1.29, 1.82) is 0 Å². The van der Waals surface area contributed by atoms with Crippen molar-refractivity contribution in [3.8, 4) is 5.75 Å². The molecule has 1 fully saturated rings. The summed E-state index contributed by atoms with van der Waals surface area (Å²) in [5, 5.41) is 0.167. The summed E-state index contributed by atoms with van der Waals surface area (Å²) in [6.45, 7) is 3.75. The number of sulfonamides is 1. The molecule has 3 aromatic rings. The summed E-state index contributed by atoms with van der Waals surface area (Å²) >= 11 is 6.22. The molecule has 0 unspecified atom stereocenters. The number of piperazine rings is 1. The smallest absolute Gasteiger partial charge is 0.241 e. The van der Waals surface area contributed by atoms with E-state index in [0.29, 0.717) is 44.2 Å². The number of para-hydroxylation sites is 1. The van der Waals surface area contributed by atoms with Gasteiger partial charge >= 0.3 is 0 Å². The van der Waals surface area contributed by atoms with E-state index in [4.69, 9.17) is 16.3 Å². The van der Waals surface area contributed by atoms with Crippen LogP contribution < -0.4 is 14.4 Å². The van der Waals surface area contributed by atoms with Crippen LogP contribution in [0.1, 0.15) is 12.5 Å². The Morgan fingerprint density at radius 1 is 1.03 bits per heavy atom. The topological polar surface area (TPSA) is 78.9 Å². The highest BCUT2D eigenvalue weighted by Crippen LogP contribution is 2.28. The maximum absolute atomic E-state index is 14.2. The summed E-state index contributed by atoms with van der Waals surface area (Å²) in [5.74, 6) is -0.267. The lowest BCUT2D eigenvalue weighted by molar-refractivity contribution is -0.133. The fourth-order valence-electron chi connectivity index (χ4n) is 4.30. The fourth-order valence-corrected chi connectivity index (χ4v) is 5.82. The van der Waals surface area contributed by atoms with Gasteiger partial charge in [0.2, 0.25) is 15.9 Å². The number of amides is 1. The molecule has 3 aromatic carbocycles. The van der Waals surface area contributed by atoms with Crippen LogP contribution in [0.5, 0.6) is 5.75 Å². The van der Waals surface area contributed by atoms with E-state index >= 15 is 0 Å². The van der Waals surface area contributed by atoms with Gasteiger partial charge in [-0.15, -0.1) is 0 Å². The molecule has 37 heavy (non-hydrogen) atoms. The molecule has 1 aliphatic heterocycles. The van der Waals surface area contributed by atoms with Gasteiger partial charge in [-0.2, -0.15) is 4.72 Å². The molecule has 0 aliphatic carbocycles. The van der Waals surface area contributed by atoms with Crippen molar-refractivity contribution in [2.75, 3.05) is 37.7 Å². The normalized spacial score (nSPS) is 14.9. The third kappa shape index (κ3) is 6.60. The lowest BCUT2D eigenvalue weighted by atomic mass is 10.1. The molecule has 1 aliphatic rings. The van der Waals surface area contributed by atoms with Crippen molar-refractivity contribution in [3.63, 3.8) is 0 Å². The molecule has 0 aromatic heterocycles. The van der Waals surface area contributed by atoms with Gasteiger partial charge in [-0.25, -0.2) is 12.8 Å². The van der Waals surface area contributed by atoms with Gasteiger partial charge in [-0.3, -0.25) is 4.79 Å². The van der Waals surface area contributed by atoms with Crippen LogP contribution in [0, 0.1) is 5.82 Å². The van der Waals surface area contributed by atoms with E-state index < -0.39 is 16.1 Å². The first-order valence-electron chi connectivity index (χ1n) is 12.1. The van der Waals surface area contributed by atoms with Crippen molar-refractivity contribution in [1.82, 2.24) is 9.62 Å². The molecule has 1 amide bonds. The van der Waals surface area contributed by atoms with E-state index in [-0.39, 0.29) is 28.1 Å². The Hall–Kier alpha value is -3.14. The van der Waals surface area contributed by atoms with Crippen LogP contribution in [-0.2, 0) is 21.2 Å². The highest BCUT2D eigenvalue weighted by molar-refractivity contribution is 7.89. The molecule has 1 heterocycles. The highest BCUT2D eigenvalue weighted by Gasteiger charge is 2.32. The minimum atomic E-state index is -4.07. The monoisotopic (exact) mass is 545 g/mol. The fraction of sp³-hybridized carbons (Fsp3) is 0.296. The summed E-state index contributed by atoms with van der Waals surface area (Å²) < 4.78 is 48.8. The van der Waals surface area contributed by atoms with E-state index in [1.807, 2.05) is 35.2 Å². The zero-order valence-corrected chi connectivity index (χ0v) is 22.0. The van der Waals surface area contributed by atoms with Crippen molar-refractivity contribution >= 4 is 33.2 Å². The average molecular weight is 546 g/mol. The Balaban J connectivity index is 1.52. The Labute approximate surface area is 221 Å². The second kappa shape index (κ2) is 11.9. The van der Waals surface area contributed by atoms with E-state index in [2.05, 4.69) is 4.72 Å². The highest BCUT2D eigenvalue weighted by atomic mass is 35.5. The number of carbonyl (C=O) groups is 1. The minimum Gasteiger partial charge on any atom is -0.492 e. The summed E-state index contributed by atoms with van der Waals surface area (Å²) in [4.78, 5) is 17.0. The third-order valence-electron chi connectivity index (χ3n) is 6.18. The summed E-state index contributed by atoms with van der Waals surface area (Å²) in [6.07, 6.45) is 0.178. The molecule has 1 saturated heterocycles. The summed E-state index contributed by atoms with van der Waals surface area (Å²) in [5.41, 5.74) is 1.31. The molecule has 0 saturated carbocycles. The predicted octanol–water partition coefficient (Wildman–Crippen LogP) is 4.12. The van der Waals surface area contributed by atoms with Crippen LogP contribution in [0.25, 0.3) is 0 Å². The van der Waals surface area contributed by atoms with Crippen LogP contribution in [-0.4, -0.2) is 58.1 Å². The largest absolute Gasteiger partial charge is 0.492 e. The predicted molar refractivity (Wildman–Crippen MR) is 142 cm³/mol. The van der Waals surface area contributed by atoms with Gasteiger partial charge in [0.1, 0.15) is 17.6 Å². The van der Waals surface area contributed by atoms with E-state index in [9.17, 15) is 17.6 Å². The summed E-state index contributed by atoms with van der Waals surface area (Å²) in [7, 11) is -4.07. The van der Waals surface area contributed by atoms with Gasteiger partial charge in [-0.1, -0.05) is 54.1 Å². The first kappa shape index (κ1) is 26.9. The standard InChI is InChI=1S/C27H29ClFN3O4S/c1-2-36-26-13-12-21(19-22(26)28)37(34,35)30-24(18-20-8-4-3-5-9-20)27(33)32-16-14-31(15-17-32)25-11-7-6-10-23(25)29/h3-13,19,24,30H,2,14-18H2,1H3/t24-/m1/s1. The van der Waals surface area contributed by atoms with Gasteiger partial charge in [0.25, 0.3) is 0 Å². The quantitative estimate of drug-likeness (QED) is 0.438. The van der Waals surface area contributed by atoms with Crippen LogP contribution >= 0.6 is 11.6 Å². The number of ether oxygens (including phenoxy) is 1. The van der Waals surface area contributed by atoms with E-state index in [1.54, 1.807) is 30.0 Å². The Morgan fingerprint density at radius 2 is 1.70 bits per heavy atom. The molecule has 0 radical (unpaired) electrons. The molecule has 7 nitrogen and oxygen atoms in total.